The summed E-state index contributed by atoms with van der Waals surface area (Å²) in [6.07, 6.45) is -0.874. The van der Waals surface area contributed by atoms with E-state index in [4.69, 9.17) is 11.6 Å². The van der Waals surface area contributed by atoms with Crippen LogP contribution in [-0.4, -0.2) is 60.8 Å². The number of halogens is 5. The second-order valence-electron chi connectivity index (χ2n) is 9.32. The number of nitrogens with zero attached hydrogens (tertiary/aromatic N) is 4. The van der Waals surface area contributed by atoms with Crippen LogP contribution in [0.5, 0.6) is 0 Å². The molecule has 0 N–H and O–H groups in total. The van der Waals surface area contributed by atoms with Gasteiger partial charge in [0.05, 0.1) is 10.5 Å². The number of piperazine rings is 1. The van der Waals surface area contributed by atoms with Crippen molar-refractivity contribution in [2.24, 2.45) is 5.92 Å². The molecule has 6 nitrogen and oxygen atoms in total. The van der Waals surface area contributed by atoms with Crippen LogP contribution < -0.4 is 0 Å². The van der Waals surface area contributed by atoms with Crippen molar-refractivity contribution in [3.8, 4) is 0 Å². The van der Waals surface area contributed by atoms with E-state index in [-0.39, 0.29) is 47.2 Å². The van der Waals surface area contributed by atoms with Gasteiger partial charge in [-0.3, -0.25) is 9.59 Å². The van der Waals surface area contributed by atoms with Gasteiger partial charge in [-0.2, -0.15) is 18.3 Å². The van der Waals surface area contributed by atoms with E-state index < -0.39 is 17.8 Å². The predicted molar refractivity (Wildman–Crippen MR) is 125 cm³/mol. The summed E-state index contributed by atoms with van der Waals surface area (Å²) >= 11 is 8.81. The van der Waals surface area contributed by atoms with E-state index >= 15 is 0 Å². The fourth-order valence-corrected chi connectivity index (χ4v) is 5.83. The van der Waals surface area contributed by atoms with E-state index in [1.54, 1.807) is 11.0 Å². The average molecular weight is 595 g/mol. The first kappa shape index (κ1) is 23.2. The molecule has 3 aliphatic rings. The van der Waals surface area contributed by atoms with Crippen molar-refractivity contribution < 1.29 is 22.8 Å². The lowest BCUT2D eigenvalue weighted by Crippen LogP contribution is -2.55. The molecule has 1 unspecified atom stereocenters. The molecule has 33 heavy (non-hydrogen) atoms. The number of fused-ring (bicyclic) bond motifs is 1. The fourth-order valence-electron chi connectivity index (χ4n) is 4.63. The van der Waals surface area contributed by atoms with E-state index in [1.165, 1.54) is 11.3 Å². The minimum absolute atomic E-state index is 0.0631. The summed E-state index contributed by atoms with van der Waals surface area (Å²) in [5.41, 5.74) is -0.590. The van der Waals surface area contributed by atoms with Crippen LogP contribution in [-0.2, 0) is 11.0 Å². The van der Waals surface area contributed by atoms with Gasteiger partial charge in [0.25, 0.3) is 5.91 Å². The Balaban J connectivity index is 1.38. The van der Waals surface area contributed by atoms with Gasteiger partial charge >= 0.3 is 6.18 Å². The Kier molecular flexibility index (Phi) is 5.82. The summed E-state index contributed by atoms with van der Waals surface area (Å²) < 4.78 is 42.5. The van der Waals surface area contributed by atoms with Gasteiger partial charge in [-0.1, -0.05) is 34.2 Å². The maximum Gasteiger partial charge on any atom is 0.433 e. The lowest BCUT2D eigenvalue weighted by atomic mass is 10.1. The summed E-state index contributed by atoms with van der Waals surface area (Å²) in [5.74, 6) is -0.0835. The van der Waals surface area contributed by atoms with E-state index in [0.717, 1.165) is 25.3 Å². The van der Waals surface area contributed by atoms with Gasteiger partial charge in [0.1, 0.15) is 12.2 Å². The van der Waals surface area contributed by atoms with E-state index in [2.05, 4.69) is 27.7 Å². The quantitative estimate of drug-likeness (QED) is 0.370. The Morgan fingerprint density at radius 1 is 1.30 bits per heavy atom. The average Bonchev–Trinajstić information content (AvgIpc) is 3.67. The Morgan fingerprint density at radius 2 is 2.00 bits per heavy atom. The number of hydrogen-bond donors (Lipinski definition) is 0. The fraction of sp³-hybridized carbons (Fsp3) is 0.591. The highest BCUT2D eigenvalue weighted by atomic mass is 127. The first-order valence-electron chi connectivity index (χ1n) is 11.1. The highest BCUT2D eigenvalue weighted by Crippen LogP contribution is 2.44. The highest BCUT2D eigenvalue weighted by Gasteiger charge is 2.40. The summed E-state index contributed by atoms with van der Waals surface area (Å²) in [4.78, 5) is 29.0. The third kappa shape index (κ3) is 4.44. The van der Waals surface area contributed by atoms with Gasteiger partial charge in [-0.25, -0.2) is 4.52 Å². The number of rotatable bonds is 5. The molecule has 11 heteroatoms. The smallest absolute Gasteiger partial charge is 0.337 e. The molecule has 2 aromatic rings. The van der Waals surface area contributed by atoms with Crippen molar-refractivity contribution in [3.05, 3.63) is 34.1 Å². The molecule has 0 bridgehead atoms. The van der Waals surface area contributed by atoms with E-state index in [1.807, 2.05) is 6.92 Å². The monoisotopic (exact) mass is 594 g/mol. The molecule has 3 atom stereocenters. The van der Waals surface area contributed by atoms with Crippen LogP contribution in [0.25, 0.3) is 5.52 Å². The number of aromatic nitrogens is 2. The number of carbonyl (C=O) groups is 2. The van der Waals surface area contributed by atoms with Crippen molar-refractivity contribution >= 4 is 51.5 Å². The third-order valence-corrected chi connectivity index (χ3v) is 8.69. The summed E-state index contributed by atoms with van der Waals surface area (Å²) in [6.45, 7) is 2.56. The number of amides is 2. The van der Waals surface area contributed by atoms with Crippen molar-refractivity contribution in [1.82, 2.24) is 19.4 Å². The van der Waals surface area contributed by atoms with Crippen LogP contribution in [0.2, 0.25) is 5.02 Å². The molecule has 0 spiro atoms. The predicted octanol–water partition coefficient (Wildman–Crippen LogP) is 4.77. The molecule has 3 heterocycles. The van der Waals surface area contributed by atoms with Crippen LogP contribution in [0.15, 0.2) is 12.1 Å². The molecule has 2 amide bonds. The van der Waals surface area contributed by atoms with E-state index in [9.17, 15) is 22.8 Å². The first-order valence-corrected chi connectivity index (χ1v) is 12.7. The summed E-state index contributed by atoms with van der Waals surface area (Å²) in [6, 6.07) is 2.77. The Labute approximate surface area is 207 Å². The maximum absolute atomic E-state index is 13.7. The Bertz CT molecular complexity index is 1130. The Morgan fingerprint density at radius 3 is 2.58 bits per heavy atom. The molecule has 1 aliphatic heterocycles. The van der Waals surface area contributed by atoms with Crippen molar-refractivity contribution in [3.63, 3.8) is 0 Å². The number of hydrogen-bond acceptors (Lipinski definition) is 3. The van der Waals surface area contributed by atoms with Gasteiger partial charge in [0.15, 0.2) is 5.69 Å². The van der Waals surface area contributed by atoms with Gasteiger partial charge in [-0.05, 0) is 62.1 Å². The molecule has 5 rings (SSSR count). The molecule has 1 saturated heterocycles. The van der Waals surface area contributed by atoms with Crippen LogP contribution >= 0.6 is 34.2 Å². The number of carbonyl (C=O) groups excluding carboxylic acids is 2. The van der Waals surface area contributed by atoms with Gasteiger partial charge in [0.2, 0.25) is 5.91 Å². The molecule has 0 aromatic carbocycles. The SMILES string of the molecule is C[C@@H](C[C@H]1CC1I)N1CCN(C(=O)c2nn3c(C(F)(F)F)cc(C4CC4)cc3c2Cl)CC1=O. The Hall–Kier alpha value is -1.56. The van der Waals surface area contributed by atoms with Crippen LogP contribution in [0.4, 0.5) is 13.2 Å². The molecule has 2 aliphatic carbocycles. The highest BCUT2D eigenvalue weighted by molar-refractivity contribution is 14.1. The van der Waals surface area contributed by atoms with Gasteiger partial charge in [0, 0.05) is 23.1 Å². The second-order valence-corrected chi connectivity index (χ2v) is 11.3. The minimum atomic E-state index is -4.64. The molecule has 2 saturated carbocycles. The lowest BCUT2D eigenvalue weighted by molar-refractivity contribution is -0.142. The van der Waals surface area contributed by atoms with Crippen molar-refractivity contribution in [2.45, 2.75) is 54.7 Å². The molecule has 2 aromatic heterocycles. The molecule has 3 fully saturated rings. The summed E-state index contributed by atoms with van der Waals surface area (Å²) in [5, 5.41) is 3.84. The normalized spacial score (nSPS) is 24.5. The number of pyridine rings is 1. The zero-order chi connectivity index (χ0) is 23.7. The third-order valence-electron chi connectivity index (χ3n) is 6.79. The molecular formula is C22H23ClF3IN4O2. The zero-order valence-electron chi connectivity index (χ0n) is 17.9. The van der Waals surface area contributed by atoms with Gasteiger partial charge < -0.3 is 9.80 Å². The van der Waals surface area contributed by atoms with Crippen LogP contribution in [0.1, 0.15) is 60.3 Å². The van der Waals surface area contributed by atoms with Gasteiger partial charge in [-0.15, -0.1) is 0 Å². The first-order chi connectivity index (χ1) is 15.5. The van der Waals surface area contributed by atoms with Crippen molar-refractivity contribution in [1.29, 1.82) is 0 Å². The van der Waals surface area contributed by atoms with Crippen LogP contribution in [0, 0.1) is 5.92 Å². The minimum Gasteiger partial charge on any atom is -0.337 e. The van der Waals surface area contributed by atoms with E-state index in [0.29, 0.717) is 26.5 Å². The topological polar surface area (TPSA) is 57.9 Å². The van der Waals surface area contributed by atoms with Crippen LogP contribution in [0.3, 0.4) is 0 Å². The molecule has 178 valence electrons. The maximum atomic E-state index is 13.7. The number of alkyl halides is 4. The summed E-state index contributed by atoms with van der Waals surface area (Å²) in [7, 11) is 0. The molecule has 0 radical (unpaired) electrons. The standard InChI is InChI=1S/C22H23ClF3IN4O2/c1-11(6-14-7-15(14)27)30-5-4-29(10-18(30)32)21(33)20-19(23)16-8-13(12-2-3-12)9-17(22(24,25)26)31(16)28-20/h8-9,11-12,14-15H,2-7,10H2,1H3/t11-,14-,15?/m0/s1. The largest absolute Gasteiger partial charge is 0.433 e. The lowest BCUT2D eigenvalue weighted by Gasteiger charge is -2.37. The van der Waals surface area contributed by atoms with Crippen molar-refractivity contribution in [2.75, 3.05) is 19.6 Å². The zero-order valence-corrected chi connectivity index (χ0v) is 20.8. The molecular weight excluding hydrogens is 572 g/mol. The second kappa shape index (κ2) is 8.28.